The van der Waals surface area contributed by atoms with Gasteiger partial charge in [0.1, 0.15) is 0 Å². The van der Waals surface area contributed by atoms with Gasteiger partial charge >= 0.3 is 0 Å². The van der Waals surface area contributed by atoms with Gasteiger partial charge in [-0.2, -0.15) is 4.52 Å². The fourth-order valence-electron chi connectivity index (χ4n) is 3.56. The minimum absolute atomic E-state index is 0.0680. The smallest absolute Gasteiger partial charge is 0.275 e. The number of anilines is 1. The largest absolute Gasteiger partial charge is 0.352 e. The van der Waals surface area contributed by atoms with Crippen molar-refractivity contribution in [1.29, 1.82) is 0 Å². The van der Waals surface area contributed by atoms with Gasteiger partial charge in [0, 0.05) is 31.4 Å². The Morgan fingerprint density at radius 1 is 1.32 bits per heavy atom. The molecular formula is C20H23N5O2S. The van der Waals surface area contributed by atoms with Crippen LogP contribution in [0.5, 0.6) is 0 Å². The molecule has 146 valence electrons. The zero-order chi connectivity index (χ0) is 19.7. The highest BCUT2D eigenvalue weighted by molar-refractivity contribution is 7.20. The third-order valence-electron chi connectivity index (χ3n) is 4.97. The Balaban J connectivity index is 1.44. The second-order valence-electron chi connectivity index (χ2n) is 7.31. The molecule has 1 saturated heterocycles. The van der Waals surface area contributed by atoms with Crippen LogP contribution < -0.4 is 15.8 Å². The molecule has 4 rings (SSSR count). The summed E-state index contributed by atoms with van der Waals surface area (Å²) in [4.78, 5) is 31.8. The van der Waals surface area contributed by atoms with Crippen LogP contribution in [-0.2, 0) is 11.3 Å². The number of amides is 1. The van der Waals surface area contributed by atoms with E-state index >= 15 is 0 Å². The number of hydrogen-bond acceptors (Lipinski definition) is 6. The molecule has 1 N–H and O–H groups in total. The van der Waals surface area contributed by atoms with Crippen molar-refractivity contribution >= 4 is 27.3 Å². The fraction of sp³-hybridized carbons (Fsp3) is 0.400. The molecule has 0 spiro atoms. The monoisotopic (exact) mass is 397 g/mol. The summed E-state index contributed by atoms with van der Waals surface area (Å²) in [6, 6.07) is 9.64. The number of nitrogens with zero attached hydrogens (tertiary/aromatic N) is 4. The lowest BCUT2D eigenvalue weighted by Gasteiger charge is -2.31. The summed E-state index contributed by atoms with van der Waals surface area (Å²) in [6.07, 6.45) is 1.78. The maximum Gasteiger partial charge on any atom is 0.275 e. The second kappa shape index (κ2) is 7.71. The van der Waals surface area contributed by atoms with Crippen LogP contribution in [0, 0.1) is 19.8 Å². The van der Waals surface area contributed by atoms with Crippen molar-refractivity contribution in [3.63, 3.8) is 0 Å². The normalized spacial score (nSPS) is 17.1. The van der Waals surface area contributed by atoms with Crippen LogP contribution in [0.2, 0.25) is 0 Å². The molecule has 0 saturated carbocycles. The predicted molar refractivity (Wildman–Crippen MR) is 110 cm³/mol. The molecule has 2 aromatic heterocycles. The molecule has 0 radical (unpaired) electrons. The molecule has 1 amide bonds. The predicted octanol–water partition coefficient (Wildman–Crippen LogP) is 2.30. The number of fused-ring (bicyclic) bond motifs is 1. The van der Waals surface area contributed by atoms with Gasteiger partial charge in [-0.1, -0.05) is 41.2 Å². The lowest BCUT2D eigenvalue weighted by Crippen LogP contribution is -2.43. The maximum absolute atomic E-state index is 12.7. The van der Waals surface area contributed by atoms with Crippen molar-refractivity contribution in [3.8, 4) is 0 Å². The lowest BCUT2D eigenvalue weighted by molar-refractivity contribution is -0.125. The zero-order valence-electron chi connectivity index (χ0n) is 16.0. The third-order valence-corrected chi connectivity index (χ3v) is 5.94. The number of benzene rings is 1. The Hall–Kier alpha value is -2.74. The van der Waals surface area contributed by atoms with Gasteiger partial charge in [-0.3, -0.25) is 9.59 Å². The van der Waals surface area contributed by atoms with Gasteiger partial charge in [0.05, 0.1) is 5.92 Å². The Morgan fingerprint density at radius 3 is 3.00 bits per heavy atom. The minimum Gasteiger partial charge on any atom is -0.352 e. The summed E-state index contributed by atoms with van der Waals surface area (Å²) in [5.41, 5.74) is 2.81. The summed E-state index contributed by atoms with van der Waals surface area (Å²) in [7, 11) is 0. The van der Waals surface area contributed by atoms with E-state index in [4.69, 9.17) is 0 Å². The highest BCUT2D eigenvalue weighted by Crippen LogP contribution is 2.27. The standard InChI is InChI=1S/C20H23N5O2S/c1-13-5-3-6-15(9-13)11-21-18(27)16-7-4-8-24(12-16)20-23-25-17(26)10-14(2)22-19(25)28-20/h3,5-6,9-10,16H,4,7-8,11-12H2,1-2H3,(H,21,27)/t16-/m0/s1. The van der Waals surface area contributed by atoms with Crippen molar-refractivity contribution in [2.45, 2.75) is 33.2 Å². The number of aromatic nitrogens is 3. The van der Waals surface area contributed by atoms with Crippen LogP contribution in [0.25, 0.3) is 4.96 Å². The zero-order valence-corrected chi connectivity index (χ0v) is 16.8. The molecule has 3 aromatic rings. The quantitative estimate of drug-likeness (QED) is 0.731. The van der Waals surface area contributed by atoms with Gasteiger partial charge in [-0.25, -0.2) is 4.98 Å². The van der Waals surface area contributed by atoms with Crippen molar-refractivity contribution < 1.29 is 4.79 Å². The van der Waals surface area contributed by atoms with Crippen LogP contribution in [0.3, 0.4) is 0 Å². The fourth-order valence-corrected chi connectivity index (χ4v) is 4.55. The first-order valence-corrected chi connectivity index (χ1v) is 10.3. The first-order chi connectivity index (χ1) is 13.5. The average molecular weight is 398 g/mol. The van der Waals surface area contributed by atoms with E-state index in [1.165, 1.54) is 27.5 Å². The molecule has 0 bridgehead atoms. The van der Waals surface area contributed by atoms with E-state index < -0.39 is 0 Å². The minimum atomic E-state index is -0.172. The Kier molecular flexibility index (Phi) is 5.13. The third kappa shape index (κ3) is 3.91. The van der Waals surface area contributed by atoms with Crippen molar-refractivity contribution in [1.82, 2.24) is 19.9 Å². The van der Waals surface area contributed by atoms with Gasteiger partial charge in [-0.05, 0) is 32.3 Å². The van der Waals surface area contributed by atoms with E-state index in [0.29, 0.717) is 23.7 Å². The number of carbonyl (C=O) groups excluding carboxylic acids is 1. The Bertz CT molecular complexity index is 1070. The van der Waals surface area contributed by atoms with E-state index in [-0.39, 0.29) is 17.4 Å². The number of nitrogens with one attached hydrogen (secondary N) is 1. The van der Waals surface area contributed by atoms with E-state index in [9.17, 15) is 9.59 Å². The number of rotatable bonds is 4. The summed E-state index contributed by atoms with van der Waals surface area (Å²) in [6.45, 7) is 5.82. The lowest BCUT2D eigenvalue weighted by atomic mass is 9.97. The molecule has 7 nitrogen and oxygen atoms in total. The highest BCUT2D eigenvalue weighted by atomic mass is 32.1. The molecule has 1 aromatic carbocycles. The number of carbonyl (C=O) groups is 1. The Morgan fingerprint density at radius 2 is 2.18 bits per heavy atom. The van der Waals surface area contributed by atoms with Crippen molar-refractivity contribution in [2.75, 3.05) is 18.0 Å². The molecule has 0 aliphatic carbocycles. The summed E-state index contributed by atoms with van der Waals surface area (Å²) >= 11 is 1.39. The van der Waals surface area contributed by atoms with Gasteiger partial charge in [0.25, 0.3) is 5.56 Å². The molecule has 1 atom stereocenters. The number of hydrogen-bond donors (Lipinski definition) is 1. The van der Waals surface area contributed by atoms with E-state index in [2.05, 4.69) is 26.4 Å². The SMILES string of the molecule is Cc1cccc(CNC(=O)[C@H]2CCCN(c3nn4c(=O)cc(C)nc4s3)C2)c1. The van der Waals surface area contributed by atoms with Crippen LogP contribution in [0.4, 0.5) is 5.13 Å². The van der Waals surface area contributed by atoms with Crippen LogP contribution in [-0.4, -0.2) is 33.6 Å². The molecule has 1 fully saturated rings. The molecule has 3 heterocycles. The van der Waals surface area contributed by atoms with E-state index in [1.54, 1.807) is 6.92 Å². The van der Waals surface area contributed by atoms with Crippen LogP contribution >= 0.6 is 11.3 Å². The van der Waals surface area contributed by atoms with Gasteiger partial charge in [-0.15, -0.1) is 5.10 Å². The van der Waals surface area contributed by atoms with Crippen molar-refractivity contribution in [2.24, 2.45) is 5.92 Å². The number of piperidine rings is 1. The summed E-state index contributed by atoms with van der Waals surface area (Å²) in [5, 5.41) is 8.23. The molecule has 1 aliphatic rings. The van der Waals surface area contributed by atoms with Gasteiger partial charge in [0.15, 0.2) is 0 Å². The van der Waals surface area contributed by atoms with Crippen LogP contribution in [0.15, 0.2) is 35.1 Å². The summed E-state index contributed by atoms with van der Waals surface area (Å²) in [5.74, 6) is -0.0181. The average Bonchev–Trinajstić information content (AvgIpc) is 3.11. The molecular weight excluding hydrogens is 374 g/mol. The first-order valence-electron chi connectivity index (χ1n) is 9.45. The van der Waals surface area contributed by atoms with Crippen LogP contribution in [0.1, 0.15) is 29.7 Å². The topological polar surface area (TPSA) is 79.6 Å². The van der Waals surface area contributed by atoms with Gasteiger partial charge < -0.3 is 10.2 Å². The van der Waals surface area contributed by atoms with E-state index in [0.717, 1.165) is 30.1 Å². The van der Waals surface area contributed by atoms with Crippen molar-refractivity contribution in [3.05, 3.63) is 57.5 Å². The first kappa shape index (κ1) is 18.6. The molecule has 8 heteroatoms. The Labute approximate surface area is 167 Å². The maximum atomic E-state index is 12.7. The number of aryl methyl sites for hydroxylation is 2. The molecule has 1 aliphatic heterocycles. The van der Waals surface area contributed by atoms with E-state index in [1.807, 2.05) is 25.1 Å². The summed E-state index contributed by atoms with van der Waals surface area (Å²) < 4.78 is 1.34. The second-order valence-corrected chi connectivity index (χ2v) is 8.24. The molecule has 0 unspecified atom stereocenters. The van der Waals surface area contributed by atoms with Gasteiger partial charge in [0.2, 0.25) is 16.0 Å². The highest BCUT2D eigenvalue weighted by Gasteiger charge is 2.27. The molecule has 28 heavy (non-hydrogen) atoms.